The lowest BCUT2D eigenvalue weighted by atomic mass is 10.0. The Morgan fingerprint density at radius 3 is 2.47 bits per heavy atom. The zero-order valence-electron chi connectivity index (χ0n) is 19.1. The second-order valence-corrected chi connectivity index (χ2v) is 8.16. The van der Waals surface area contributed by atoms with Crippen LogP contribution in [0.3, 0.4) is 0 Å². The number of aromatic amines is 1. The molecule has 0 aliphatic heterocycles. The van der Waals surface area contributed by atoms with E-state index in [1.807, 2.05) is 35.0 Å². The first-order valence-electron chi connectivity index (χ1n) is 11.6. The van der Waals surface area contributed by atoms with E-state index in [0.29, 0.717) is 18.1 Å². The third-order valence-corrected chi connectivity index (χ3v) is 5.75. The summed E-state index contributed by atoms with van der Waals surface area (Å²) in [4.78, 5) is 9.33. The van der Waals surface area contributed by atoms with Crippen LogP contribution in [0.5, 0.6) is 0 Å². The molecule has 8 heteroatoms. The van der Waals surface area contributed by atoms with E-state index in [4.69, 9.17) is 10.1 Å². The Morgan fingerprint density at radius 1 is 0.853 bits per heavy atom. The average molecular weight is 451 g/mol. The maximum atomic E-state index is 4.87. The van der Waals surface area contributed by atoms with Gasteiger partial charge in [-0.25, -0.2) is 9.67 Å². The maximum absolute atomic E-state index is 4.87. The molecule has 3 aromatic heterocycles. The van der Waals surface area contributed by atoms with Gasteiger partial charge in [0.1, 0.15) is 11.5 Å². The van der Waals surface area contributed by atoms with Crippen LogP contribution in [-0.4, -0.2) is 40.4 Å². The lowest BCUT2D eigenvalue weighted by Crippen LogP contribution is -2.07. The van der Waals surface area contributed by atoms with Crippen LogP contribution in [0.15, 0.2) is 72.9 Å². The second kappa shape index (κ2) is 10.2. The van der Waals surface area contributed by atoms with Crippen LogP contribution in [0.2, 0.25) is 0 Å². The van der Waals surface area contributed by atoms with Gasteiger partial charge < -0.3 is 0 Å². The lowest BCUT2D eigenvalue weighted by Gasteiger charge is -2.09. The first-order chi connectivity index (χ1) is 16.8. The molecule has 0 aliphatic carbocycles. The largest absolute Gasteiger partial charge is 0.252 e. The summed E-state index contributed by atoms with van der Waals surface area (Å²) >= 11 is 0. The Bertz CT molecular complexity index is 1330. The van der Waals surface area contributed by atoms with E-state index in [-0.39, 0.29) is 0 Å². The summed E-state index contributed by atoms with van der Waals surface area (Å²) < 4.78 is 2.04. The van der Waals surface area contributed by atoms with Crippen molar-refractivity contribution in [3.63, 3.8) is 0 Å². The molecule has 170 valence electrons. The summed E-state index contributed by atoms with van der Waals surface area (Å²) in [5.41, 5.74) is 4.91. The smallest absolute Gasteiger partial charge is 0.223 e. The van der Waals surface area contributed by atoms with Gasteiger partial charge in [-0.1, -0.05) is 80.4 Å². The highest BCUT2D eigenvalue weighted by molar-refractivity contribution is 5.77. The molecular weight excluding hydrogens is 424 g/mol. The summed E-state index contributed by atoms with van der Waals surface area (Å²) in [5.74, 6) is 2.29. The van der Waals surface area contributed by atoms with Gasteiger partial charge in [0.05, 0.1) is 6.54 Å². The monoisotopic (exact) mass is 450 g/mol. The third kappa shape index (κ3) is 4.76. The van der Waals surface area contributed by atoms with Gasteiger partial charge in [-0.05, 0) is 28.8 Å². The number of tetrazole rings is 1. The third-order valence-electron chi connectivity index (χ3n) is 5.75. The fourth-order valence-electron chi connectivity index (χ4n) is 3.97. The van der Waals surface area contributed by atoms with E-state index in [2.05, 4.69) is 68.9 Å². The van der Waals surface area contributed by atoms with Crippen molar-refractivity contribution in [3.05, 3.63) is 84.3 Å². The number of benzene rings is 2. The predicted octanol–water partition coefficient (Wildman–Crippen LogP) is 4.97. The number of rotatable bonds is 9. The normalized spacial score (nSPS) is 11.1. The molecule has 0 saturated heterocycles. The van der Waals surface area contributed by atoms with Crippen molar-refractivity contribution in [1.29, 1.82) is 0 Å². The quantitative estimate of drug-likeness (QED) is 0.319. The summed E-state index contributed by atoms with van der Waals surface area (Å²) in [6.45, 7) is 2.89. The van der Waals surface area contributed by atoms with Crippen molar-refractivity contribution >= 4 is 0 Å². The standard InChI is InChI=1S/C26H26N8/c1-2-3-5-12-23-28-25(21-9-6-4-7-10-21)31-34(23)18-19-13-15-20(16-14-19)22-11-8-17-27-24(22)26-29-32-33-30-26/h4,6-11,13-17H,2-3,5,12,18H2,1H3,(H,29,30,32,33). The number of hydrogen-bond acceptors (Lipinski definition) is 6. The van der Waals surface area contributed by atoms with Crippen molar-refractivity contribution in [2.45, 2.75) is 39.2 Å². The van der Waals surface area contributed by atoms with Crippen LogP contribution >= 0.6 is 0 Å². The summed E-state index contributed by atoms with van der Waals surface area (Å²) in [5, 5.41) is 19.2. The van der Waals surface area contributed by atoms with E-state index in [1.165, 1.54) is 12.8 Å². The molecule has 0 saturated carbocycles. The molecule has 8 nitrogen and oxygen atoms in total. The van der Waals surface area contributed by atoms with Gasteiger partial charge in [0.2, 0.25) is 5.82 Å². The highest BCUT2D eigenvalue weighted by Crippen LogP contribution is 2.28. The number of pyridine rings is 1. The minimum absolute atomic E-state index is 0.479. The summed E-state index contributed by atoms with van der Waals surface area (Å²) in [6, 6.07) is 22.5. The Hall–Kier alpha value is -4.20. The maximum Gasteiger partial charge on any atom is 0.223 e. The number of aromatic nitrogens is 8. The first kappa shape index (κ1) is 21.6. The van der Waals surface area contributed by atoms with Gasteiger partial charge in [0.15, 0.2) is 5.82 Å². The highest BCUT2D eigenvalue weighted by Gasteiger charge is 2.14. The molecule has 0 bridgehead atoms. The van der Waals surface area contributed by atoms with Gasteiger partial charge >= 0.3 is 0 Å². The van der Waals surface area contributed by atoms with Crippen LogP contribution in [-0.2, 0) is 13.0 Å². The molecule has 5 rings (SSSR count). The predicted molar refractivity (Wildman–Crippen MR) is 131 cm³/mol. The highest BCUT2D eigenvalue weighted by atomic mass is 15.5. The number of unbranched alkanes of at least 4 members (excludes halogenated alkanes) is 2. The first-order valence-corrected chi connectivity index (χ1v) is 11.6. The van der Waals surface area contributed by atoms with Crippen LogP contribution in [0.4, 0.5) is 0 Å². The zero-order valence-corrected chi connectivity index (χ0v) is 19.1. The molecule has 0 atom stereocenters. The van der Waals surface area contributed by atoms with E-state index >= 15 is 0 Å². The van der Waals surface area contributed by atoms with Gasteiger partial charge in [0, 0.05) is 23.7 Å². The molecule has 0 amide bonds. The minimum atomic E-state index is 0.479. The molecule has 0 radical (unpaired) electrons. The summed E-state index contributed by atoms with van der Waals surface area (Å²) in [7, 11) is 0. The van der Waals surface area contributed by atoms with Crippen molar-refractivity contribution in [2.24, 2.45) is 0 Å². The Kier molecular flexibility index (Phi) is 6.47. The van der Waals surface area contributed by atoms with Crippen LogP contribution in [0, 0.1) is 0 Å². The van der Waals surface area contributed by atoms with Crippen molar-refractivity contribution in [3.8, 4) is 34.0 Å². The number of nitrogens with zero attached hydrogens (tertiary/aromatic N) is 7. The Labute approximate surface area is 198 Å². The molecule has 0 aliphatic rings. The molecule has 0 spiro atoms. The molecule has 1 N–H and O–H groups in total. The van der Waals surface area contributed by atoms with Gasteiger partial charge in [0.25, 0.3) is 0 Å². The fraction of sp³-hybridized carbons (Fsp3) is 0.231. The fourth-order valence-corrected chi connectivity index (χ4v) is 3.97. The number of H-pyrrole nitrogens is 1. The number of aryl methyl sites for hydroxylation is 1. The molecule has 2 aromatic carbocycles. The number of nitrogens with one attached hydrogen (secondary N) is 1. The molecule has 0 fully saturated rings. The Morgan fingerprint density at radius 2 is 1.71 bits per heavy atom. The van der Waals surface area contributed by atoms with Gasteiger partial charge in [-0.2, -0.15) is 10.3 Å². The van der Waals surface area contributed by atoms with Crippen molar-refractivity contribution < 1.29 is 0 Å². The van der Waals surface area contributed by atoms with Crippen LogP contribution in [0.1, 0.15) is 37.6 Å². The molecule has 34 heavy (non-hydrogen) atoms. The van der Waals surface area contributed by atoms with Crippen molar-refractivity contribution in [1.82, 2.24) is 40.4 Å². The van der Waals surface area contributed by atoms with Gasteiger partial charge in [-0.15, -0.1) is 10.2 Å². The number of hydrogen-bond donors (Lipinski definition) is 1. The van der Waals surface area contributed by atoms with E-state index in [0.717, 1.165) is 46.7 Å². The van der Waals surface area contributed by atoms with Gasteiger partial charge in [-0.3, -0.25) is 4.98 Å². The minimum Gasteiger partial charge on any atom is -0.252 e. The molecule has 5 aromatic rings. The van der Waals surface area contributed by atoms with Crippen LogP contribution < -0.4 is 0 Å². The lowest BCUT2D eigenvalue weighted by molar-refractivity contribution is 0.607. The molecule has 0 unspecified atom stereocenters. The second-order valence-electron chi connectivity index (χ2n) is 8.16. The van der Waals surface area contributed by atoms with E-state index < -0.39 is 0 Å². The van der Waals surface area contributed by atoms with E-state index in [1.54, 1.807) is 6.20 Å². The molecule has 3 heterocycles. The SMILES string of the molecule is CCCCCc1nc(-c2ccccc2)nn1Cc1ccc(-c2cccnc2-c2nn[nH]n2)cc1. The molecular formula is C26H26N8. The zero-order chi connectivity index (χ0) is 23.2. The average Bonchev–Trinajstić information content (AvgIpc) is 3.56. The van der Waals surface area contributed by atoms with E-state index in [9.17, 15) is 0 Å². The topological polar surface area (TPSA) is 98.1 Å². The van der Waals surface area contributed by atoms with Crippen LogP contribution in [0.25, 0.3) is 34.0 Å². The summed E-state index contributed by atoms with van der Waals surface area (Å²) in [6.07, 6.45) is 6.15. The van der Waals surface area contributed by atoms with Crippen molar-refractivity contribution in [2.75, 3.05) is 0 Å². The Balaban J connectivity index is 1.40.